The van der Waals surface area contributed by atoms with Crippen molar-refractivity contribution in [2.24, 2.45) is 5.92 Å². The van der Waals surface area contributed by atoms with Crippen molar-refractivity contribution in [3.8, 4) is 0 Å². The second-order valence-corrected chi connectivity index (χ2v) is 5.37. The average molecular weight is 317 g/mol. The summed E-state index contributed by atoms with van der Waals surface area (Å²) in [5.74, 6) is -0.551. The number of piperidine rings is 1. The minimum Gasteiger partial charge on any atom is -0.469 e. The van der Waals surface area contributed by atoms with E-state index in [1.807, 2.05) is 0 Å². The molecule has 0 atom stereocenters. The standard InChI is InChI=1S/C13H14Cl2N2O3/c1-20-13(19)8-2-4-17(5-3-8)12(18)9-6-11(15)16-7-10(9)14/h6-8H,2-5H2,1H3. The molecule has 0 saturated carbocycles. The van der Waals surface area contributed by atoms with Crippen LogP contribution in [0.4, 0.5) is 0 Å². The Morgan fingerprint density at radius 1 is 1.35 bits per heavy atom. The van der Waals surface area contributed by atoms with Crippen molar-refractivity contribution in [3.05, 3.63) is 28.0 Å². The Bertz CT molecular complexity index is 528. The second kappa shape index (κ2) is 6.41. The van der Waals surface area contributed by atoms with Gasteiger partial charge in [-0.3, -0.25) is 9.59 Å². The molecule has 2 rings (SSSR count). The lowest BCUT2D eigenvalue weighted by Crippen LogP contribution is -2.40. The number of hydrogen-bond donors (Lipinski definition) is 0. The second-order valence-electron chi connectivity index (χ2n) is 4.58. The molecule has 1 aliphatic heterocycles. The molecule has 1 aromatic heterocycles. The minimum atomic E-state index is -0.220. The maximum Gasteiger partial charge on any atom is 0.308 e. The number of amides is 1. The van der Waals surface area contributed by atoms with E-state index in [0.29, 0.717) is 31.5 Å². The molecule has 1 aliphatic rings. The molecule has 0 bridgehead atoms. The van der Waals surface area contributed by atoms with Gasteiger partial charge < -0.3 is 9.64 Å². The summed E-state index contributed by atoms with van der Waals surface area (Å²) in [6.07, 6.45) is 2.54. The van der Waals surface area contributed by atoms with Crippen molar-refractivity contribution in [1.29, 1.82) is 0 Å². The number of halogens is 2. The number of aromatic nitrogens is 1. The number of likely N-dealkylation sites (tertiary alicyclic amines) is 1. The molecule has 0 aromatic carbocycles. The number of rotatable bonds is 2. The molecule has 7 heteroatoms. The topological polar surface area (TPSA) is 59.5 Å². The molecule has 0 spiro atoms. The van der Waals surface area contributed by atoms with Gasteiger partial charge in [-0.25, -0.2) is 4.98 Å². The minimum absolute atomic E-state index is 0.138. The highest BCUT2D eigenvalue weighted by molar-refractivity contribution is 6.35. The number of nitrogens with zero attached hydrogens (tertiary/aromatic N) is 2. The number of methoxy groups -OCH3 is 1. The summed E-state index contributed by atoms with van der Waals surface area (Å²) in [5, 5.41) is 0.497. The normalized spacial score (nSPS) is 16.1. The molecule has 1 fully saturated rings. The summed E-state index contributed by atoms with van der Waals surface area (Å²) in [7, 11) is 1.37. The third kappa shape index (κ3) is 3.22. The van der Waals surface area contributed by atoms with Gasteiger partial charge in [0.05, 0.1) is 23.6 Å². The molecule has 0 N–H and O–H groups in total. The summed E-state index contributed by atoms with van der Waals surface area (Å²) in [6, 6.07) is 1.46. The molecule has 0 radical (unpaired) electrons. The SMILES string of the molecule is COC(=O)C1CCN(C(=O)c2cc(Cl)ncc2Cl)CC1. The van der Waals surface area contributed by atoms with Gasteiger partial charge in [0.15, 0.2) is 0 Å². The average Bonchev–Trinajstić information content (AvgIpc) is 2.48. The number of esters is 1. The van der Waals surface area contributed by atoms with Crippen LogP contribution in [0.1, 0.15) is 23.2 Å². The monoisotopic (exact) mass is 316 g/mol. The van der Waals surface area contributed by atoms with Crippen molar-refractivity contribution in [3.63, 3.8) is 0 Å². The highest BCUT2D eigenvalue weighted by Crippen LogP contribution is 2.24. The Hall–Kier alpha value is -1.33. The number of hydrogen-bond acceptors (Lipinski definition) is 4. The molecular formula is C13H14Cl2N2O3. The van der Waals surface area contributed by atoms with Crippen LogP contribution >= 0.6 is 23.2 Å². The van der Waals surface area contributed by atoms with Gasteiger partial charge in [-0.15, -0.1) is 0 Å². The van der Waals surface area contributed by atoms with Crippen molar-refractivity contribution < 1.29 is 14.3 Å². The van der Waals surface area contributed by atoms with Crippen molar-refractivity contribution in [2.75, 3.05) is 20.2 Å². The van der Waals surface area contributed by atoms with Gasteiger partial charge in [0.1, 0.15) is 5.15 Å². The summed E-state index contributed by atoms with van der Waals surface area (Å²) >= 11 is 11.8. The molecule has 0 unspecified atom stereocenters. The van der Waals surface area contributed by atoms with Crippen LogP contribution in [-0.4, -0.2) is 42.0 Å². The molecule has 1 amide bonds. The number of ether oxygens (including phenoxy) is 1. The molecule has 20 heavy (non-hydrogen) atoms. The van der Waals surface area contributed by atoms with Crippen LogP contribution in [0.25, 0.3) is 0 Å². The first-order valence-corrected chi connectivity index (χ1v) is 6.96. The van der Waals surface area contributed by atoms with Crippen molar-refractivity contribution >= 4 is 35.1 Å². The maximum absolute atomic E-state index is 12.4. The number of pyridine rings is 1. The fourth-order valence-corrected chi connectivity index (χ4v) is 2.57. The smallest absolute Gasteiger partial charge is 0.308 e. The van der Waals surface area contributed by atoms with E-state index in [1.54, 1.807) is 4.90 Å². The quantitative estimate of drug-likeness (QED) is 0.621. The van der Waals surface area contributed by atoms with Gasteiger partial charge in [0.2, 0.25) is 0 Å². The van der Waals surface area contributed by atoms with Crippen LogP contribution in [0.5, 0.6) is 0 Å². The van der Waals surface area contributed by atoms with Gasteiger partial charge in [0.25, 0.3) is 5.91 Å². The molecule has 2 heterocycles. The van der Waals surface area contributed by atoms with E-state index in [1.165, 1.54) is 19.4 Å². The summed E-state index contributed by atoms with van der Waals surface area (Å²) in [5.41, 5.74) is 0.336. The fourth-order valence-electron chi connectivity index (χ4n) is 2.23. The van der Waals surface area contributed by atoms with Gasteiger partial charge in [0, 0.05) is 19.3 Å². The Balaban J connectivity index is 2.05. The Kier molecular flexibility index (Phi) is 4.83. The zero-order valence-electron chi connectivity index (χ0n) is 10.9. The van der Waals surface area contributed by atoms with Crippen LogP contribution in [0.15, 0.2) is 12.3 Å². The van der Waals surface area contributed by atoms with Gasteiger partial charge in [-0.05, 0) is 18.9 Å². The van der Waals surface area contributed by atoms with Crippen molar-refractivity contribution in [1.82, 2.24) is 9.88 Å². The van der Waals surface area contributed by atoms with Gasteiger partial charge in [-0.1, -0.05) is 23.2 Å². The lowest BCUT2D eigenvalue weighted by Gasteiger charge is -2.30. The van der Waals surface area contributed by atoms with Gasteiger partial charge >= 0.3 is 5.97 Å². The van der Waals surface area contributed by atoms with E-state index in [0.717, 1.165) is 0 Å². The lowest BCUT2D eigenvalue weighted by atomic mass is 9.96. The third-order valence-corrected chi connectivity index (χ3v) is 3.88. The van der Waals surface area contributed by atoms with Crippen LogP contribution < -0.4 is 0 Å². The predicted octanol–water partition coefficient (Wildman–Crippen LogP) is 2.41. The van der Waals surface area contributed by atoms with E-state index < -0.39 is 0 Å². The number of carbonyl (C=O) groups excluding carboxylic acids is 2. The lowest BCUT2D eigenvalue weighted by molar-refractivity contribution is -0.146. The van der Waals surface area contributed by atoms with E-state index in [2.05, 4.69) is 4.98 Å². The van der Waals surface area contributed by atoms with Crippen LogP contribution in [0.3, 0.4) is 0 Å². The fraction of sp³-hybridized carbons (Fsp3) is 0.462. The van der Waals surface area contributed by atoms with Gasteiger partial charge in [-0.2, -0.15) is 0 Å². The molecule has 108 valence electrons. The largest absolute Gasteiger partial charge is 0.469 e. The van der Waals surface area contributed by atoms with Crippen LogP contribution in [0, 0.1) is 5.92 Å². The van der Waals surface area contributed by atoms with E-state index in [4.69, 9.17) is 27.9 Å². The zero-order chi connectivity index (χ0) is 14.7. The van der Waals surface area contributed by atoms with Crippen LogP contribution in [0.2, 0.25) is 10.2 Å². The molecule has 5 nitrogen and oxygen atoms in total. The molecule has 1 saturated heterocycles. The first-order chi connectivity index (χ1) is 9.52. The van der Waals surface area contributed by atoms with E-state index in [9.17, 15) is 9.59 Å². The molecule has 0 aliphatic carbocycles. The first-order valence-electron chi connectivity index (χ1n) is 6.21. The van der Waals surface area contributed by atoms with E-state index in [-0.39, 0.29) is 28.0 Å². The number of carbonyl (C=O) groups is 2. The zero-order valence-corrected chi connectivity index (χ0v) is 12.4. The maximum atomic E-state index is 12.4. The highest BCUT2D eigenvalue weighted by atomic mass is 35.5. The Morgan fingerprint density at radius 3 is 2.60 bits per heavy atom. The summed E-state index contributed by atoms with van der Waals surface area (Å²) in [6.45, 7) is 0.990. The predicted molar refractivity (Wildman–Crippen MR) is 74.9 cm³/mol. The van der Waals surface area contributed by atoms with Crippen molar-refractivity contribution in [2.45, 2.75) is 12.8 Å². The summed E-state index contributed by atoms with van der Waals surface area (Å²) < 4.78 is 4.72. The Labute approximate surface area is 126 Å². The molecule has 1 aromatic rings. The summed E-state index contributed by atoms with van der Waals surface area (Å²) in [4.78, 5) is 29.3. The Morgan fingerprint density at radius 2 is 2.00 bits per heavy atom. The first kappa shape index (κ1) is 15.1. The van der Waals surface area contributed by atoms with Crippen LogP contribution in [-0.2, 0) is 9.53 Å². The van der Waals surface area contributed by atoms with E-state index >= 15 is 0 Å². The third-order valence-electron chi connectivity index (χ3n) is 3.37. The highest BCUT2D eigenvalue weighted by Gasteiger charge is 2.29. The molecular weight excluding hydrogens is 303 g/mol.